The molecule has 2 fully saturated rings. The first-order valence-electron chi connectivity index (χ1n) is 5.29. The summed E-state index contributed by atoms with van der Waals surface area (Å²) in [4.78, 5) is 0. The third kappa shape index (κ3) is 19.9. The van der Waals surface area contributed by atoms with Gasteiger partial charge in [-0.2, -0.15) is 0 Å². The van der Waals surface area contributed by atoms with Crippen LogP contribution in [0, 0.1) is 0 Å². The van der Waals surface area contributed by atoms with Crippen molar-refractivity contribution in [2.24, 2.45) is 0 Å². The molecule has 2 rings (SSSR count). The van der Waals surface area contributed by atoms with E-state index in [9.17, 15) is 17.3 Å². The number of hydrogen-bond acceptors (Lipinski definition) is 2. The highest BCUT2D eigenvalue weighted by Crippen LogP contribution is 2.06. The summed E-state index contributed by atoms with van der Waals surface area (Å²) in [6, 6.07) is 0. The Morgan fingerprint density at radius 2 is 0.800 bits per heavy atom. The van der Waals surface area contributed by atoms with Gasteiger partial charge < -0.3 is 27.9 Å². The fourth-order valence-electron chi connectivity index (χ4n) is 1.25. The second-order valence-corrected chi connectivity index (χ2v) is 3.41. The lowest BCUT2D eigenvalue weighted by molar-refractivity contribution is 0.368. The molecule has 0 saturated carbocycles. The van der Waals surface area contributed by atoms with Gasteiger partial charge in [0.25, 0.3) is 0 Å². The third-order valence-corrected chi connectivity index (χ3v) is 1.91. The van der Waals surface area contributed by atoms with E-state index in [-0.39, 0.29) is 0 Å². The van der Waals surface area contributed by atoms with Gasteiger partial charge in [0.05, 0.1) is 0 Å². The lowest BCUT2D eigenvalue weighted by atomic mass is 10.3. The smallest absolute Gasteiger partial charge is 0.418 e. The maximum Gasteiger partial charge on any atom is 0.673 e. The van der Waals surface area contributed by atoms with Crippen molar-refractivity contribution in [2.75, 3.05) is 26.2 Å². The van der Waals surface area contributed by atoms with Crippen LogP contribution in [0.25, 0.3) is 0 Å². The zero-order valence-electron chi connectivity index (χ0n) is 8.75. The van der Waals surface area contributed by atoms with Gasteiger partial charge >= 0.3 is 7.25 Å². The molecular formula is C8H18BF4N2-. The summed E-state index contributed by atoms with van der Waals surface area (Å²) in [6.45, 7) is 5.00. The van der Waals surface area contributed by atoms with Crippen LogP contribution in [0.1, 0.15) is 25.7 Å². The molecular weight excluding hydrogens is 211 g/mol. The van der Waals surface area contributed by atoms with Gasteiger partial charge in [-0.3, -0.25) is 0 Å². The molecule has 15 heavy (non-hydrogen) atoms. The summed E-state index contributed by atoms with van der Waals surface area (Å²) in [7, 11) is -6.00. The van der Waals surface area contributed by atoms with Crippen molar-refractivity contribution in [1.29, 1.82) is 0 Å². The molecule has 2 aliphatic rings. The Labute approximate surface area is 87.9 Å². The van der Waals surface area contributed by atoms with Crippen LogP contribution in [0.15, 0.2) is 0 Å². The second kappa shape index (κ2) is 8.97. The molecule has 92 valence electrons. The maximum atomic E-state index is 9.75. The molecule has 0 atom stereocenters. The number of rotatable bonds is 0. The van der Waals surface area contributed by atoms with Crippen LogP contribution >= 0.6 is 0 Å². The van der Waals surface area contributed by atoms with E-state index in [1.54, 1.807) is 0 Å². The molecule has 0 spiro atoms. The molecule has 2 nitrogen and oxygen atoms in total. The lowest BCUT2D eigenvalue weighted by Crippen LogP contribution is -2.03. The minimum atomic E-state index is -6.00. The minimum Gasteiger partial charge on any atom is -0.418 e. The summed E-state index contributed by atoms with van der Waals surface area (Å²) < 4.78 is 39.0. The summed E-state index contributed by atoms with van der Waals surface area (Å²) >= 11 is 0. The first-order valence-corrected chi connectivity index (χ1v) is 5.29. The van der Waals surface area contributed by atoms with Crippen molar-refractivity contribution in [3.8, 4) is 0 Å². The Morgan fingerprint density at radius 3 is 0.867 bits per heavy atom. The first-order chi connectivity index (χ1) is 7.00. The van der Waals surface area contributed by atoms with E-state index in [0.717, 1.165) is 0 Å². The topological polar surface area (TPSA) is 24.1 Å². The van der Waals surface area contributed by atoms with Crippen LogP contribution < -0.4 is 10.6 Å². The number of halogens is 4. The molecule has 0 radical (unpaired) electrons. The molecule has 0 unspecified atom stereocenters. The fraction of sp³-hybridized carbons (Fsp3) is 1.00. The van der Waals surface area contributed by atoms with Crippen molar-refractivity contribution >= 4 is 7.25 Å². The lowest BCUT2D eigenvalue weighted by Gasteiger charge is -1.94. The van der Waals surface area contributed by atoms with E-state index in [2.05, 4.69) is 10.6 Å². The van der Waals surface area contributed by atoms with Crippen molar-refractivity contribution in [1.82, 2.24) is 10.6 Å². The quantitative estimate of drug-likeness (QED) is 0.490. The SMILES string of the molecule is C1CCNC1.C1CCNC1.F[B-](F)(F)F. The minimum absolute atomic E-state index is 1.25. The Hall–Kier alpha value is -0.295. The molecule has 0 aliphatic carbocycles. The van der Waals surface area contributed by atoms with Crippen LogP contribution in [0.4, 0.5) is 17.3 Å². The van der Waals surface area contributed by atoms with Crippen LogP contribution in [-0.2, 0) is 0 Å². The zero-order chi connectivity index (χ0) is 11.6. The van der Waals surface area contributed by atoms with Crippen LogP contribution in [0.2, 0.25) is 0 Å². The van der Waals surface area contributed by atoms with E-state index in [1.807, 2.05) is 0 Å². The Kier molecular flexibility index (Phi) is 8.79. The average molecular weight is 229 g/mol. The van der Waals surface area contributed by atoms with Crippen molar-refractivity contribution in [3.63, 3.8) is 0 Å². The predicted molar refractivity (Wildman–Crippen MR) is 54.4 cm³/mol. The van der Waals surface area contributed by atoms with Crippen LogP contribution in [0.5, 0.6) is 0 Å². The normalized spacial score (nSPS) is 20.0. The van der Waals surface area contributed by atoms with Gasteiger partial charge in [-0.15, -0.1) is 0 Å². The molecule has 2 N–H and O–H groups in total. The van der Waals surface area contributed by atoms with Crippen molar-refractivity contribution < 1.29 is 17.3 Å². The highest BCUT2D eigenvalue weighted by atomic mass is 19.5. The van der Waals surface area contributed by atoms with E-state index < -0.39 is 7.25 Å². The van der Waals surface area contributed by atoms with Gasteiger partial charge in [-0.1, -0.05) is 0 Å². The molecule has 2 heterocycles. The van der Waals surface area contributed by atoms with Gasteiger partial charge in [-0.25, -0.2) is 0 Å². The van der Waals surface area contributed by atoms with E-state index in [0.29, 0.717) is 0 Å². The first kappa shape index (κ1) is 14.7. The molecule has 2 saturated heterocycles. The third-order valence-electron chi connectivity index (χ3n) is 1.91. The Bertz CT molecular complexity index is 104. The standard InChI is InChI=1S/2C4H9N.BF4/c2*1-2-4-5-3-1;2-1(3,4)5/h2*5H,1-4H2;/q;;-1. The monoisotopic (exact) mass is 229 g/mol. The summed E-state index contributed by atoms with van der Waals surface area (Å²) in [5, 5.41) is 6.44. The Morgan fingerprint density at radius 1 is 0.600 bits per heavy atom. The second-order valence-electron chi connectivity index (χ2n) is 3.41. The van der Waals surface area contributed by atoms with Gasteiger partial charge in [0.15, 0.2) is 0 Å². The molecule has 0 aromatic carbocycles. The molecule has 0 bridgehead atoms. The molecule has 0 aromatic heterocycles. The maximum absolute atomic E-state index is 9.75. The van der Waals surface area contributed by atoms with Gasteiger partial charge in [0.2, 0.25) is 0 Å². The summed E-state index contributed by atoms with van der Waals surface area (Å²) in [6.07, 6.45) is 5.56. The van der Waals surface area contributed by atoms with Crippen LogP contribution in [-0.4, -0.2) is 33.4 Å². The van der Waals surface area contributed by atoms with Gasteiger partial charge in [0, 0.05) is 0 Å². The zero-order valence-corrected chi connectivity index (χ0v) is 8.75. The predicted octanol–water partition coefficient (Wildman–Crippen LogP) is 2.04. The van der Waals surface area contributed by atoms with E-state index in [4.69, 9.17) is 0 Å². The van der Waals surface area contributed by atoms with E-state index >= 15 is 0 Å². The van der Waals surface area contributed by atoms with E-state index in [1.165, 1.54) is 51.9 Å². The summed E-state index contributed by atoms with van der Waals surface area (Å²) in [5.41, 5.74) is 0. The van der Waals surface area contributed by atoms with Gasteiger partial charge in [-0.05, 0) is 51.9 Å². The molecule has 0 amide bonds. The van der Waals surface area contributed by atoms with Crippen molar-refractivity contribution in [2.45, 2.75) is 25.7 Å². The van der Waals surface area contributed by atoms with Crippen molar-refractivity contribution in [3.05, 3.63) is 0 Å². The fourth-order valence-corrected chi connectivity index (χ4v) is 1.25. The average Bonchev–Trinajstić information content (AvgIpc) is 2.81. The molecule has 2 aliphatic heterocycles. The number of nitrogens with one attached hydrogen (secondary N) is 2. The Balaban J connectivity index is 0.000000196. The largest absolute Gasteiger partial charge is 0.673 e. The summed E-state index contributed by atoms with van der Waals surface area (Å²) in [5.74, 6) is 0. The van der Waals surface area contributed by atoms with Gasteiger partial charge in [0.1, 0.15) is 0 Å². The number of hydrogen-bond donors (Lipinski definition) is 2. The highest BCUT2D eigenvalue weighted by Gasteiger charge is 2.20. The molecule has 7 heteroatoms. The van der Waals surface area contributed by atoms with Crippen LogP contribution in [0.3, 0.4) is 0 Å². The highest BCUT2D eigenvalue weighted by molar-refractivity contribution is 6.50. The molecule has 0 aromatic rings.